The predicted octanol–water partition coefficient (Wildman–Crippen LogP) is 9.87. The fourth-order valence-corrected chi connectivity index (χ4v) is 6.40. The minimum absolute atomic E-state index is 0.580. The van der Waals surface area contributed by atoms with Gasteiger partial charge in [-0.15, -0.1) is 0 Å². The van der Waals surface area contributed by atoms with E-state index in [1.165, 1.54) is 0 Å². The van der Waals surface area contributed by atoms with E-state index in [4.69, 9.17) is 14.2 Å². The first kappa shape index (κ1) is 26.5. The van der Waals surface area contributed by atoms with Crippen LogP contribution in [0.1, 0.15) is 22.3 Å². The van der Waals surface area contributed by atoms with Gasteiger partial charge in [-0.1, -0.05) is 48.6 Å². The second-order valence-electron chi connectivity index (χ2n) is 6.78. The van der Waals surface area contributed by atoms with Crippen LogP contribution < -0.4 is 14.2 Å². The number of rotatable bonds is 7. The maximum absolute atomic E-state index is 5.43. The van der Waals surface area contributed by atoms with Crippen LogP contribution in [-0.4, -0.2) is 21.3 Å². The van der Waals surface area contributed by atoms with Crippen LogP contribution in [0.25, 0.3) is 24.3 Å². The van der Waals surface area contributed by atoms with Crippen LogP contribution in [0.2, 0.25) is 0 Å². The standard InChI is InChI=1S/C25H19Br5O3/c1-31-18-12-16(13-19(32-2)25(18)33-3)9-8-14-4-6-15(7-5-14)10-11-17-20(26)22(28)24(30)23(29)21(17)27/h4-13H,1-3H3. The number of hydrogen-bond acceptors (Lipinski definition) is 3. The predicted molar refractivity (Wildman–Crippen MR) is 155 cm³/mol. The Morgan fingerprint density at radius 3 is 1.33 bits per heavy atom. The summed E-state index contributed by atoms with van der Waals surface area (Å²) in [7, 11) is 4.82. The molecule has 0 fully saturated rings. The van der Waals surface area contributed by atoms with Crippen molar-refractivity contribution in [2.75, 3.05) is 21.3 Å². The van der Waals surface area contributed by atoms with Crippen molar-refractivity contribution in [2.45, 2.75) is 0 Å². The van der Waals surface area contributed by atoms with E-state index in [1.54, 1.807) is 21.3 Å². The maximum atomic E-state index is 5.43. The van der Waals surface area contributed by atoms with Gasteiger partial charge in [-0.2, -0.15) is 0 Å². The number of benzene rings is 3. The molecule has 3 nitrogen and oxygen atoms in total. The van der Waals surface area contributed by atoms with Crippen LogP contribution in [-0.2, 0) is 0 Å². The number of ether oxygens (including phenoxy) is 3. The summed E-state index contributed by atoms with van der Waals surface area (Å²) in [5.74, 6) is 1.83. The molecular weight excluding hydrogens is 748 g/mol. The van der Waals surface area contributed by atoms with Crippen molar-refractivity contribution in [3.63, 3.8) is 0 Å². The Balaban J connectivity index is 1.82. The first-order valence-electron chi connectivity index (χ1n) is 9.58. The summed E-state index contributed by atoms with van der Waals surface area (Å²) in [6.07, 6.45) is 8.20. The molecule has 0 amide bonds. The van der Waals surface area contributed by atoms with E-state index in [-0.39, 0.29) is 0 Å². The zero-order valence-electron chi connectivity index (χ0n) is 17.9. The normalized spacial score (nSPS) is 11.4. The van der Waals surface area contributed by atoms with Crippen molar-refractivity contribution >= 4 is 104 Å². The average Bonchev–Trinajstić information content (AvgIpc) is 2.84. The number of halogens is 5. The van der Waals surface area contributed by atoms with Crippen molar-refractivity contribution in [2.24, 2.45) is 0 Å². The molecule has 0 aromatic heterocycles. The number of hydrogen-bond donors (Lipinski definition) is 0. The molecule has 0 atom stereocenters. The van der Waals surface area contributed by atoms with Crippen LogP contribution in [0.5, 0.6) is 17.2 Å². The molecule has 0 aliphatic rings. The van der Waals surface area contributed by atoms with Gasteiger partial charge in [0.05, 0.1) is 21.3 Å². The lowest BCUT2D eigenvalue weighted by molar-refractivity contribution is 0.324. The summed E-state index contributed by atoms with van der Waals surface area (Å²) in [4.78, 5) is 0. The first-order chi connectivity index (χ1) is 15.8. The van der Waals surface area contributed by atoms with Crippen LogP contribution in [0.3, 0.4) is 0 Å². The summed E-state index contributed by atoms with van der Waals surface area (Å²) in [5, 5.41) is 0. The molecule has 33 heavy (non-hydrogen) atoms. The molecule has 0 saturated carbocycles. The highest BCUT2D eigenvalue weighted by Crippen LogP contribution is 2.45. The first-order valence-corrected chi connectivity index (χ1v) is 13.5. The molecule has 0 spiro atoms. The molecule has 3 aromatic rings. The molecule has 0 heterocycles. The fourth-order valence-electron chi connectivity index (χ4n) is 3.06. The van der Waals surface area contributed by atoms with E-state index in [1.807, 2.05) is 24.3 Å². The Hall–Kier alpha value is -1.06. The SMILES string of the molecule is COc1cc(C=Cc2ccc(C=Cc3c(Br)c(Br)c(Br)c(Br)c3Br)cc2)cc(OC)c1OC. The van der Waals surface area contributed by atoms with Gasteiger partial charge in [0.25, 0.3) is 0 Å². The summed E-state index contributed by atoms with van der Waals surface area (Å²) in [6, 6.07) is 12.1. The van der Waals surface area contributed by atoms with Crippen LogP contribution in [0.15, 0.2) is 58.8 Å². The fraction of sp³-hybridized carbons (Fsp3) is 0.120. The third kappa shape index (κ3) is 6.14. The van der Waals surface area contributed by atoms with E-state index in [2.05, 4.69) is 116 Å². The molecule has 0 radical (unpaired) electrons. The number of methoxy groups -OCH3 is 3. The van der Waals surface area contributed by atoms with E-state index in [0.29, 0.717) is 17.2 Å². The molecule has 0 aliphatic carbocycles. The van der Waals surface area contributed by atoms with Crippen molar-refractivity contribution < 1.29 is 14.2 Å². The smallest absolute Gasteiger partial charge is 0.203 e. The zero-order chi connectivity index (χ0) is 24.1. The van der Waals surface area contributed by atoms with Gasteiger partial charge >= 0.3 is 0 Å². The van der Waals surface area contributed by atoms with Crippen LogP contribution in [0.4, 0.5) is 0 Å². The van der Waals surface area contributed by atoms with Gasteiger partial charge in [-0.05, 0) is 108 Å². The van der Waals surface area contributed by atoms with Crippen molar-refractivity contribution in [1.29, 1.82) is 0 Å². The van der Waals surface area contributed by atoms with Gasteiger partial charge in [0.15, 0.2) is 11.5 Å². The highest BCUT2D eigenvalue weighted by Gasteiger charge is 2.16. The summed E-state index contributed by atoms with van der Waals surface area (Å²) >= 11 is 18.1. The third-order valence-electron chi connectivity index (χ3n) is 4.78. The Labute approximate surface area is 235 Å². The Bertz CT molecular complexity index is 1160. The van der Waals surface area contributed by atoms with Gasteiger partial charge in [0, 0.05) is 27.9 Å². The van der Waals surface area contributed by atoms with E-state index in [0.717, 1.165) is 44.6 Å². The summed E-state index contributed by atoms with van der Waals surface area (Å²) in [6.45, 7) is 0. The van der Waals surface area contributed by atoms with Crippen LogP contribution in [0, 0.1) is 0 Å². The molecule has 3 aromatic carbocycles. The van der Waals surface area contributed by atoms with Crippen molar-refractivity contribution in [3.05, 3.63) is 81.0 Å². The lowest BCUT2D eigenvalue weighted by atomic mass is 10.1. The largest absolute Gasteiger partial charge is 0.493 e. The van der Waals surface area contributed by atoms with Gasteiger partial charge < -0.3 is 14.2 Å². The van der Waals surface area contributed by atoms with Gasteiger partial charge in [-0.25, -0.2) is 0 Å². The second-order valence-corrected chi connectivity index (χ2v) is 10.7. The molecule has 0 saturated heterocycles. The second kappa shape index (κ2) is 12.1. The van der Waals surface area contributed by atoms with Crippen LogP contribution >= 0.6 is 79.6 Å². The summed E-state index contributed by atoms with van der Waals surface area (Å²) in [5.41, 5.74) is 4.16. The van der Waals surface area contributed by atoms with Crippen molar-refractivity contribution in [3.8, 4) is 17.2 Å². The molecule has 0 N–H and O–H groups in total. The van der Waals surface area contributed by atoms with Gasteiger partial charge in [0.2, 0.25) is 5.75 Å². The molecular formula is C25H19Br5O3. The lowest BCUT2D eigenvalue weighted by Crippen LogP contribution is -1.95. The minimum Gasteiger partial charge on any atom is -0.493 e. The minimum atomic E-state index is 0.580. The Morgan fingerprint density at radius 1 is 0.515 bits per heavy atom. The maximum Gasteiger partial charge on any atom is 0.203 e. The Morgan fingerprint density at radius 2 is 0.909 bits per heavy atom. The van der Waals surface area contributed by atoms with Gasteiger partial charge in [0.1, 0.15) is 0 Å². The molecule has 8 heteroatoms. The van der Waals surface area contributed by atoms with E-state index in [9.17, 15) is 0 Å². The lowest BCUT2D eigenvalue weighted by Gasteiger charge is -2.12. The molecule has 172 valence electrons. The summed E-state index contributed by atoms with van der Waals surface area (Å²) < 4.78 is 21.0. The van der Waals surface area contributed by atoms with E-state index >= 15 is 0 Å². The van der Waals surface area contributed by atoms with Gasteiger partial charge in [-0.3, -0.25) is 0 Å². The highest BCUT2D eigenvalue weighted by atomic mass is 79.9. The Kier molecular flexibility index (Phi) is 9.71. The average molecular weight is 767 g/mol. The monoisotopic (exact) mass is 762 g/mol. The molecule has 0 bridgehead atoms. The van der Waals surface area contributed by atoms with Crippen molar-refractivity contribution in [1.82, 2.24) is 0 Å². The molecule has 3 rings (SSSR count). The molecule has 0 aliphatic heterocycles. The molecule has 0 unspecified atom stereocenters. The zero-order valence-corrected chi connectivity index (χ0v) is 25.8. The quantitative estimate of drug-likeness (QED) is 0.136. The van der Waals surface area contributed by atoms with E-state index < -0.39 is 0 Å². The highest BCUT2D eigenvalue weighted by molar-refractivity contribution is 9.15. The third-order valence-corrected chi connectivity index (χ3v) is 10.9. The topological polar surface area (TPSA) is 27.7 Å².